The summed E-state index contributed by atoms with van der Waals surface area (Å²) >= 11 is 0. The van der Waals surface area contributed by atoms with Gasteiger partial charge in [-0.1, -0.05) is 42.5 Å². The average Bonchev–Trinajstić information content (AvgIpc) is 3.60. The number of amides is 1. The van der Waals surface area contributed by atoms with Gasteiger partial charge in [0.1, 0.15) is 11.5 Å². The van der Waals surface area contributed by atoms with Crippen LogP contribution in [0, 0.1) is 0 Å². The number of benzene rings is 3. The molecular weight excluding hydrogens is 554 g/mol. The number of fused-ring (bicyclic) bond motifs is 3. The van der Waals surface area contributed by atoms with Crippen LogP contribution in [0.3, 0.4) is 0 Å². The van der Waals surface area contributed by atoms with Crippen LogP contribution in [0.4, 0.5) is 0 Å². The van der Waals surface area contributed by atoms with Crippen LogP contribution in [0.2, 0.25) is 0 Å². The highest BCUT2D eigenvalue weighted by Gasteiger charge is 2.40. The monoisotopic (exact) mass is 597 g/mol. The Kier molecular flexibility index (Phi) is 9.31. The molecule has 2 aliphatic heterocycles. The highest BCUT2D eigenvalue weighted by atomic mass is 16.5. The molecule has 3 atom stereocenters. The van der Waals surface area contributed by atoms with E-state index in [4.69, 9.17) is 19.9 Å². The molecule has 8 nitrogen and oxygen atoms in total. The van der Waals surface area contributed by atoms with Gasteiger partial charge in [0.15, 0.2) is 5.78 Å². The van der Waals surface area contributed by atoms with Gasteiger partial charge in [0.2, 0.25) is 0 Å². The third-order valence-electron chi connectivity index (χ3n) is 9.55. The van der Waals surface area contributed by atoms with Crippen LogP contribution in [0.5, 0.6) is 11.5 Å². The summed E-state index contributed by atoms with van der Waals surface area (Å²) in [5.41, 5.74) is 11.8. The van der Waals surface area contributed by atoms with Crippen molar-refractivity contribution in [2.45, 2.75) is 69.2 Å². The van der Waals surface area contributed by atoms with E-state index in [1.165, 1.54) is 11.1 Å². The number of morpholine rings is 1. The lowest BCUT2D eigenvalue weighted by molar-refractivity contribution is -0.00716. The third-order valence-corrected chi connectivity index (χ3v) is 9.55. The molecule has 2 N–H and O–H groups in total. The Morgan fingerprint density at radius 2 is 1.59 bits per heavy atom. The fourth-order valence-corrected chi connectivity index (χ4v) is 7.10. The standard InChI is InChI=1S/C36H43N3O5/c1-42-33-15-11-28(35(19-33)43-2)20-38(32-17-26-5-3-4-6-27(26)18-32)21-29(37)12-16-34(40)24-7-9-25(10-8-24)36(41)39-30-13-14-31(39)23-44-22-30/h3-11,15,19,29-32H,12-14,16-18,20-23,37H2,1-2H3. The summed E-state index contributed by atoms with van der Waals surface area (Å²) in [7, 11) is 3.33. The molecule has 8 heteroatoms. The molecule has 0 spiro atoms. The molecule has 0 radical (unpaired) electrons. The van der Waals surface area contributed by atoms with E-state index in [-0.39, 0.29) is 29.8 Å². The normalized spacial score (nSPS) is 20.0. The minimum Gasteiger partial charge on any atom is -0.497 e. The number of ketones is 1. The van der Waals surface area contributed by atoms with Crippen LogP contribution in [0.15, 0.2) is 66.7 Å². The first-order valence-corrected chi connectivity index (χ1v) is 15.7. The lowest BCUT2D eigenvalue weighted by Crippen LogP contribution is -2.49. The van der Waals surface area contributed by atoms with E-state index in [0.717, 1.165) is 42.7 Å². The molecule has 3 aromatic carbocycles. The van der Waals surface area contributed by atoms with Gasteiger partial charge in [-0.2, -0.15) is 0 Å². The predicted molar refractivity (Wildman–Crippen MR) is 169 cm³/mol. The van der Waals surface area contributed by atoms with Crippen molar-refractivity contribution in [3.05, 3.63) is 94.5 Å². The van der Waals surface area contributed by atoms with Crippen molar-refractivity contribution < 1.29 is 23.8 Å². The molecule has 44 heavy (non-hydrogen) atoms. The SMILES string of the molecule is COc1ccc(CN(CC(N)CCC(=O)c2ccc(C(=O)N3C4CCC3COC4)cc2)C2Cc3ccccc3C2)c(OC)c1. The van der Waals surface area contributed by atoms with E-state index in [9.17, 15) is 9.59 Å². The molecule has 1 amide bonds. The van der Waals surface area contributed by atoms with Gasteiger partial charge in [0, 0.05) is 54.4 Å². The van der Waals surface area contributed by atoms with Crippen molar-refractivity contribution in [1.82, 2.24) is 9.80 Å². The smallest absolute Gasteiger partial charge is 0.254 e. The lowest BCUT2D eigenvalue weighted by atomic mass is 10.0. The molecule has 6 rings (SSSR count). The van der Waals surface area contributed by atoms with E-state index in [1.54, 1.807) is 38.5 Å². The number of nitrogens with zero attached hydrogens (tertiary/aromatic N) is 2. The van der Waals surface area contributed by atoms with Gasteiger partial charge in [-0.25, -0.2) is 0 Å². The first kappa shape index (κ1) is 30.3. The van der Waals surface area contributed by atoms with Crippen LogP contribution in [-0.4, -0.2) is 79.6 Å². The first-order chi connectivity index (χ1) is 21.4. The zero-order valence-corrected chi connectivity index (χ0v) is 25.7. The van der Waals surface area contributed by atoms with Gasteiger partial charge in [0.05, 0.1) is 39.5 Å². The fourth-order valence-electron chi connectivity index (χ4n) is 7.10. The van der Waals surface area contributed by atoms with E-state index in [2.05, 4.69) is 35.2 Å². The highest BCUT2D eigenvalue weighted by molar-refractivity contribution is 5.99. The molecule has 2 bridgehead atoms. The Labute approximate surface area is 260 Å². The summed E-state index contributed by atoms with van der Waals surface area (Å²) < 4.78 is 16.7. The molecule has 2 saturated heterocycles. The Balaban J connectivity index is 1.08. The van der Waals surface area contributed by atoms with Crippen LogP contribution in [0.25, 0.3) is 0 Å². The topological polar surface area (TPSA) is 94.3 Å². The second kappa shape index (κ2) is 13.5. The maximum atomic E-state index is 13.2. The molecule has 232 valence electrons. The molecule has 3 unspecified atom stereocenters. The van der Waals surface area contributed by atoms with Crippen molar-refractivity contribution in [2.24, 2.45) is 5.73 Å². The number of hydrogen-bond acceptors (Lipinski definition) is 7. The van der Waals surface area contributed by atoms with Crippen LogP contribution in [0.1, 0.15) is 63.1 Å². The quantitative estimate of drug-likeness (QED) is 0.304. The van der Waals surface area contributed by atoms with Gasteiger partial charge >= 0.3 is 0 Å². The van der Waals surface area contributed by atoms with Gasteiger partial charge in [0.25, 0.3) is 5.91 Å². The van der Waals surface area contributed by atoms with Gasteiger partial charge in [-0.3, -0.25) is 14.5 Å². The number of carbonyl (C=O) groups is 2. The summed E-state index contributed by atoms with van der Waals surface area (Å²) in [6.45, 7) is 2.57. The maximum absolute atomic E-state index is 13.2. The molecule has 2 fully saturated rings. The van der Waals surface area contributed by atoms with Crippen molar-refractivity contribution >= 4 is 11.7 Å². The van der Waals surface area contributed by atoms with Gasteiger partial charge in [-0.15, -0.1) is 0 Å². The number of nitrogens with two attached hydrogens (primary N) is 1. The fraction of sp³-hybridized carbons (Fsp3) is 0.444. The van der Waals surface area contributed by atoms with Crippen molar-refractivity contribution in [1.29, 1.82) is 0 Å². The molecule has 0 saturated carbocycles. The number of rotatable bonds is 12. The molecule has 3 aromatic rings. The number of hydrogen-bond donors (Lipinski definition) is 1. The Morgan fingerprint density at radius 3 is 2.23 bits per heavy atom. The average molecular weight is 598 g/mol. The minimum atomic E-state index is -0.176. The van der Waals surface area contributed by atoms with Crippen molar-refractivity contribution in [3.8, 4) is 11.5 Å². The van der Waals surface area contributed by atoms with E-state index in [0.29, 0.717) is 56.3 Å². The van der Waals surface area contributed by atoms with Crippen molar-refractivity contribution in [3.63, 3.8) is 0 Å². The zero-order chi connectivity index (χ0) is 30.6. The largest absolute Gasteiger partial charge is 0.497 e. The summed E-state index contributed by atoms with van der Waals surface area (Å²) in [5, 5.41) is 0. The molecule has 3 aliphatic rings. The number of ether oxygens (including phenoxy) is 3. The third kappa shape index (κ3) is 6.53. The predicted octanol–water partition coefficient (Wildman–Crippen LogP) is 4.67. The Morgan fingerprint density at radius 1 is 0.932 bits per heavy atom. The molecule has 0 aromatic heterocycles. The van der Waals surface area contributed by atoms with Crippen molar-refractivity contribution in [2.75, 3.05) is 34.0 Å². The van der Waals surface area contributed by atoms with E-state index >= 15 is 0 Å². The van der Waals surface area contributed by atoms with E-state index in [1.807, 2.05) is 17.0 Å². The Bertz CT molecular complexity index is 1430. The van der Waals surface area contributed by atoms with Crippen LogP contribution in [-0.2, 0) is 24.1 Å². The van der Waals surface area contributed by atoms with Gasteiger partial charge < -0.3 is 24.8 Å². The Hall–Kier alpha value is -3.72. The van der Waals surface area contributed by atoms with Crippen LogP contribution < -0.4 is 15.2 Å². The number of methoxy groups -OCH3 is 2. The summed E-state index contributed by atoms with van der Waals surface area (Å²) in [5.74, 6) is 1.62. The number of carbonyl (C=O) groups excluding carboxylic acids is 2. The lowest BCUT2D eigenvalue weighted by Gasteiger charge is -2.34. The summed E-state index contributed by atoms with van der Waals surface area (Å²) in [4.78, 5) is 30.8. The molecule has 2 heterocycles. The second-order valence-corrected chi connectivity index (χ2v) is 12.4. The zero-order valence-electron chi connectivity index (χ0n) is 25.7. The summed E-state index contributed by atoms with van der Waals surface area (Å²) in [6.07, 6.45) is 4.85. The molecule has 1 aliphatic carbocycles. The minimum absolute atomic E-state index is 0.0319. The first-order valence-electron chi connectivity index (χ1n) is 15.7. The highest BCUT2D eigenvalue weighted by Crippen LogP contribution is 2.32. The van der Waals surface area contributed by atoms with Crippen LogP contribution >= 0.6 is 0 Å². The maximum Gasteiger partial charge on any atom is 0.254 e. The molecular formula is C36H43N3O5. The number of Topliss-reactive ketones (excluding diaryl/α,β-unsaturated/α-hetero) is 1. The summed E-state index contributed by atoms with van der Waals surface area (Å²) in [6, 6.07) is 22.1. The van der Waals surface area contributed by atoms with E-state index < -0.39 is 0 Å². The van der Waals surface area contributed by atoms with Gasteiger partial charge in [-0.05, 0) is 61.4 Å². The second-order valence-electron chi connectivity index (χ2n) is 12.4.